The number of rotatable bonds is 0. The molecule has 4 atom stereocenters. The summed E-state index contributed by atoms with van der Waals surface area (Å²) in [5.41, 5.74) is 6.05. The first-order valence-electron chi connectivity index (χ1n) is 4.92. The molecule has 1 heterocycles. The van der Waals surface area contributed by atoms with Crippen LogP contribution in [0.1, 0.15) is 13.8 Å². The molecule has 0 radical (unpaired) electrons. The molecule has 0 saturated carbocycles. The first-order valence-corrected chi connectivity index (χ1v) is 4.92. The monoisotopic (exact) mass is 183 g/mol. The maximum absolute atomic E-state index is 6.05. The zero-order chi connectivity index (χ0) is 9.42. The first kappa shape index (κ1) is 9.03. The predicted octanol–water partition coefficient (Wildman–Crippen LogP) is 0.899. The minimum Gasteiger partial charge on any atom is -0.493 e. The van der Waals surface area contributed by atoms with Crippen LogP contribution >= 0.6 is 0 Å². The molecule has 4 unspecified atom stereocenters. The van der Waals surface area contributed by atoms with E-state index in [0.717, 1.165) is 5.76 Å². The van der Waals surface area contributed by atoms with Gasteiger partial charge < -0.3 is 15.2 Å². The van der Waals surface area contributed by atoms with Crippen LogP contribution in [0.3, 0.4) is 0 Å². The lowest BCUT2D eigenvalue weighted by atomic mass is 9.81. The summed E-state index contributed by atoms with van der Waals surface area (Å²) in [6, 6.07) is 0.190. The lowest BCUT2D eigenvalue weighted by Gasteiger charge is -2.39. The smallest absolute Gasteiger partial charge is 0.122 e. The summed E-state index contributed by atoms with van der Waals surface area (Å²) in [4.78, 5) is 0. The average molecular weight is 183 g/mol. The van der Waals surface area contributed by atoms with Crippen LogP contribution in [0, 0.1) is 11.8 Å². The van der Waals surface area contributed by atoms with Gasteiger partial charge in [0.1, 0.15) is 18.5 Å². The zero-order valence-corrected chi connectivity index (χ0v) is 8.19. The van der Waals surface area contributed by atoms with Crippen molar-refractivity contribution in [2.75, 3.05) is 13.2 Å². The standard InChI is InChI=1S/C10H17NO2/c1-6-5-8-10(7(2)9(6)11)13-4-3-12-8/h5-7,9-10H,3-4,11H2,1-2H3. The molecule has 2 rings (SSSR count). The first-order chi connectivity index (χ1) is 6.20. The van der Waals surface area contributed by atoms with Gasteiger partial charge >= 0.3 is 0 Å². The van der Waals surface area contributed by atoms with E-state index in [9.17, 15) is 0 Å². The molecule has 0 aromatic heterocycles. The van der Waals surface area contributed by atoms with E-state index in [1.54, 1.807) is 0 Å². The molecule has 1 saturated heterocycles. The topological polar surface area (TPSA) is 44.5 Å². The third kappa shape index (κ3) is 1.46. The second-order valence-corrected chi connectivity index (χ2v) is 4.00. The molecule has 1 aliphatic heterocycles. The van der Waals surface area contributed by atoms with Crippen LogP contribution < -0.4 is 5.73 Å². The third-order valence-electron chi connectivity index (χ3n) is 3.05. The fourth-order valence-electron chi connectivity index (χ4n) is 2.10. The van der Waals surface area contributed by atoms with Gasteiger partial charge in [0.05, 0.1) is 6.61 Å². The molecule has 0 aromatic carbocycles. The minimum atomic E-state index is 0.0972. The highest BCUT2D eigenvalue weighted by atomic mass is 16.6. The normalized spacial score (nSPS) is 44.7. The molecule has 2 N–H and O–H groups in total. The fraction of sp³-hybridized carbons (Fsp3) is 0.800. The quantitative estimate of drug-likeness (QED) is 0.607. The summed E-state index contributed by atoms with van der Waals surface area (Å²) in [5.74, 6) is 1.74. The van der Waals surface area contributed by atoms with Crippen molar-refractivity contribution in [2.45, 2.75) is 26.0 Å². The van der Waals surface area contributed by atoms with Crippen molar-refractivity contribution in [3.8, 4) is 0 Å². The van der Waals surface area contributed by atoms with Crippen molar-refractivity contribution in [1.29, 1.82) is 0 Å². The number of hydrogen-bond acceptors (Lipinski definition) is 3. The fourth-order valence-corrected chi connectivity index (χ4v) is 2.10. The molecule has 13 heavy (non-hydrogen) atoms. The van der Waals surface area contributed by atoms with E-state index >= 15 is 0 Å². The highest BCUT2D eigenvalue weighted by Gasteiger charge is 2.37. The molecule has 3 nitrogen and oxygen atoms in total. The molecule has 74 valence electrons. The second kappa shape index (κ2) is 3.31. The molecule has 3 heteroatoms. The Balaban J connectivity index is 2.22. The van der Waals surface area contributed by atoms with Crippen LogP contribution in [0.15, 0.2) is 11.8 Å². The van der Waals surface area contributed by atoms with E-state index in [-0.39, 0.29) is 12.1 Å². The summed E-state index contributed by atoms with van der Waals surface area (Å²) < 4.78 is 11.2. The van der Waals surface area contributed by atoms with Gasteiger partial charge in [-0.05, 0) is 12.0 Å². The van der Waals surface area contributed by atoms with E-state index in [2.05, 4.69) is 19.9 Å². The predicted molar refractivity (Wildman–Crippen MR) is 50.1 cm³/mol. The Kier molecular flexibility index (Phi) is 2.30. The molecular formula is C10H17NO2. The van der Waals surface area contributed by atoms with Gasteiger partial charge in [0.25, 0.3) is 0 Å². The lowest BCUT2D eigenvalue weighted by Crippen LogP contribution is -2.48. The van der Waals surface area contributed by atoms with E-state index in [0.29, 0.717) is 25.0 Å². The molecule has 2 aliphatic rings. The van der Waals surface area contributed by atoms with Crippen molar-refractivity contribution in [1.82, 2.24) is 0 Å². The van der Waals surface area contributed by atoms with Gasteiger partial charge in [-0.15, -0.1) is 0 Å². The van der Waals surface area contributed by atoms with E-state index in [1.165, 1.54) is 0 Å². The van der Waals surface area contributed by atoms with Crippen molar-refractivity contribution >= 4 is 0 Å². The molecule has 0 aromatic rings. The minimum absolute atomic E-state index is 0.0972. The summed E-state index contributed by atoms with van der Waals surface area (Å²) in [6.07, 6.45) is 2.20. The van der Waals surface area contributed by atoms with E-state index < -0.39 is 0 Å². The molecule has 0 bridgehead atoms. The average Bonchev–Trinajstić information content (AvgIpc) is 2.15. The Bertz CT molecular complexity index is 227. The van der Waals surface area contributed by atoms with Gasteiger partial charge in [0.2, 0.25) is 0 Å². The largest absolute Gasteiger partial charge is 0.493 e. The van der Waals surface area contributed by atoms with Crippen LogP contribution in [0.4, 0.5) is 0 Å². The summed E-state index contributed by atoms with van der Waals surface area (Å²) >= 11 is 0. The number of nitrogens with two attached hydrogens (primary N) is 1. The van der Waals surface area contributed by atoms with E-state index in [4.69, 9.17) is 15.2 Å². The van der Waals surface area contributed by atoms with Gasteiger partial charge in [-0.3, -0.25) is 0 Å². The van der Waals surface area contributed by atoms with Gasteiger partial charge in [0, 0.05) is 12.0 Å². The Labute approximate surface area is 78.9 Å². The van der Waals surface area contributed by atoms with Crippen LogP contribution in [-0.2, 0) is 9.47 Å². The van der Waals surface area contributed by atoms with Crippen molar-refractivity contribution < 1.29 is 9.47 Å². The summed E-state index contributed by atoms with van der Waals surface area (Å²) in [6.45, 7) is 5.63. The highest BCUT2D eigenvalue weighted by Crippen LogP contribution is 2.32. The van der Waals surface area contributed by atoms with Crippen LogP contribution in [-0.4, -0.2) is 25.4 Å². The maximum Gasteiger partial charge on any atom is 0.122 e. The molecular weight excluding hydrogens is 166 g/mol. The molecule has 1 fully saturated rings. The SMILES string of the molecule is CC1C=C2OCCOC2C(C)C1N. The molecule has 1 aliphatic carbocycles. The van der Waals surface area contributed by atoms with Crippen molar-refractivity contribution in [3.63, 3.8) is 0 Å². The summed E-state index contributed by atoms with van der Waals surface area (Å²) in [7, 11) is 0. The number of ether oxygens (including phenoxy) is 2. The summed E-state index contributed by atoms with van der Waals surface area (Å²) in [5, 5.41) is 0. The Hall–Kier alpha value is -0.540. The Morgan fingerprint density at radius 1 is 1.38 bits per heavy atom. The molecule has 0 amide bonds. The second-order valence-electron chi connectivity index (χ2n) is 4.00. The van der Waals surface area contributed by atoms with Crippen LogP contribution in [0.2, 0.25) is 0 Å². The lowest BCUT2D eigenvalue weighted by molar-refractivity contribution is -0.0772. The Morgan fingerprint density at radius 3 is 2.92 bits per heavy atom. The van der Waals surface area contributed by atoms with Gasteiger partial charge in [-0.2, -0.15) is 0 Å². The van der Waals surface area contributed by atoms with Gasteiger partial charge in [-0.25, -0.2) is 0 Å². The van der Waals surface area contributed by atoms with Gasteiger partial charge in [0.15, 0.2) is 0 Å². The molecule has 0 spiro atoms. The van der Waals surface area contributed by atoms with E-state index in [1.807, 2.05) is 0 Å². The Morgan fingerprint density at radius 2 is 2.15 bits per heavy atom. The van der Waals surface area contributed by atoms with Crippen LogP contribution in [0.5, 0.6) is 0 Å². The highest BCUT2D eigenvalue weighted by molar-refractivity contribution is 5.14. The van der Waals surface area contributed by atoms with Gasteiger partial charge in [-0.1, -0.05) is 13.8 Å². The number of fused-ring (bicyclic) bond motifs is 1. The zero-order valence-electron chi connectivity index (χ0n) is 8.19. The third-order valence-corrected chi connectivity index (χ3v) is 3.05. The maximum atomic E-state index is 6.05. The van der Waals surface area contributed by atoms with Crippen LogP contribution in [0.25, 0.3) is 0 Å². The van der Waals surface area contributed by atoms with Crippen molar-refractivity contribution in [2.24, 2.45) is 17.6 Å². The number of hydrogen-bond donors (Lipinski definition) is 1. The van der Waals surface area contributed by atoms with Crippen molar-refractivity contribution in [3.05, 3.63) is 11.8 Å².